The summed E-state index contributed by atoms with van der Waals surface area (Å²) in [7, 11) is -1.80. The molecule has 35 heavy (non-hydrogen) atoms. The largest absolute Gasteiger partial charge is 0.493 e. The van der Waals surface area contributed by atoms with Crippen LogP contribution in [-0.4, -0.2) is 40.0 Å². The molecule has 0 unspecified atom stereocenters. The number of carbonyl (C=O) groups excluding carboxylic acids is 1. The quantitative estimate of drug-likeness (QED) is 0.328. The Bertz CT molecular complexity index is 1390. The third-order valence-electron chi connectivity index (χ3n) is 4.79. The Hall–Kier alpha value is -3.90. The summed E-state index contributed by atoms with van der Waals surface area (Å²) in [6.45, 7) is -0.864. The standard InChI is InChI=1S/C22H19ClFN3O7S/c1-33-20-10-8-15(12-21(20)34-2)35(31,32)26(19-6-4-3-5-17(19)24)13-22(28)25-18-11-14(27(29)30)7-9-16(18)23/h3-12H,13H2,1-2H3,(H,25,28). The highest BCUT2D eigenvalue weighted by Crippen LogP contribution is 2.33. The number of amides is 1. The van der Waals surface area contributed by atoms with E-state index in [1.807, 2.05) is 0 Å². The second-order valence-corrected chi connectivity index (χ2v) is 9.22. The van der Waals surface area contributed by atoms with E-state index in [1.54, 1.807) is 0 Å². The first-order chi connectivity index (χ1) is 16.6. The number of nitro benzene ring substituents is 1. The first-order valence-corrected chi connectivity index (χ1v) is 11.6. The van der Waals surface area contributed by atoms with Crippen LogP contribution < -0.4 is 19.1 Å². The number of carbonyl (C=O) groups is 1. The molecule has 1 N–H and O–H groups in total. The molecular formula is C22H19ClFN3O7S. The van der Waals surface area contributed by atoms with Crippen molar-refractivity contribution in [3.05, 3.63) is 81.6 Å². The highest BCUT2D eigenvalue weighted by atomic mass is 35.5. The van der Waals surface area contributed by atoms with Crippen molar-refractivity contribution in [3.63, 3.8) is 0 Å². The normalized spacial score (nSPS) is 11.0. The van der Waals surface area contributed by atoms with Crippen LogP contribution in [-0.2, 0) is 14.8 Å². The van der Waals surface area contributed by atoms with E-state index < -0.39 is 33.2 Å². The molecule has 10 nitrogen and oxygen atoms in total. The molecule has 0 heterocycles. The van der Waals surface area contributed by atoms with Crippen molar-refractivity contribution < 1.29 is 32.0 Å². The molecule has 0 spiro atoms. The zero-order chi connectivity index (χ0) is 25.8. The Labute approximate surface area is 205 Å². The minimum absolute atomic E-state index is 0.0101. The number of hydrogen-bond donors (Lipinski definition) is 1. The number of nitro groups is 1. The number of rotatable bonds is 9. The van der Waals surface area contributed by atoms with E-state index >= 15 is 0 Å². The van der Waals surface area contributed by atoms with Crippen molar-refractivity contribution in [1.82, 2.24) is 0 Å². The predicted octanol–water partition coefficient (Wildman–Crippen LogP) is 4.24. The molecule has 0 fully saturated rings. The van der Waals surface area contributed by atoms with Crippen molar-refractivity contribution >= 4 is 44.6 Å². The highest BCUT2D eigenvalue weighted by molar-refractivity contribution is 7.92. The van der Waals surface area contributed by atoms with Crippen LogP contribution in [0, 0.1) is 15.9 Å². The van der Waals surface area contributed by atoms with E-state index in [9.17, 15) is 27.7 Å². The average Bonchev–Trinajstić information content (AvgIpc) is 2.83. The number of benzene rings is 3. The zero-order valence-corrected chi connectivity index (χ0v) is 20.0. The van der Waals surface area contributed by atoms with Crippen LogP contribution in [0.5, 0.6) is 11.5 Å². The predicted molar refractivity (Wildman–Crippen MR) is 127 cm³/mol. The van der Waals surface area contributed by atoms with Crippen LogP contribution in [0.15, 0.2) is 65.6 Å². The Morgan fingerprint density at radius 1 is 1.09 bits per heavy atom. The summed E-state index contributed by atoms with van der Waals surface area (Å²) in [5.74, 6) is -1.44. The molecule has 0 saturated carbocycles. The number of para-hydroxylation sites is 1. The molecule has 0 atom stereocenters. The van der Waals surface area contributed by atoms with Gasteiger partial charge in [-0.05, 0) is 30.3 Å². The maximum atomic E-state index is 14.7. The molecule has 0 bridgehead atoms. The lowest BCUT2D eigenvalue weighted by atomic mass is 10.2. The molecule has 3 rings (SSSR count). The Kier molecular flexibility index (Phi) is 7.77. The van der Waals surface area contributed by atoms with E-state index in [2.05, 4.69) is 5.32 Å². The van der Waals surface area contributed by atoms with Gasteiger partial charge in [-0.25, -0.2) is 12.8 Å². The third kappa shape index (κ3) is 5.61. The monoisotopic (exact) mass is 523 g/mol. The fourth-order valence-corrected chi connectivity index (χ4v) is 4.71. The van der Waals surface area contributed by atoms with Gasteiger partial charge in [0.05, 0.1) is 40.4 Å². The first-order valence-electron chi connectivity index (χ1n) is 9.81. The second-order valence-electron chi connectivity index (χ2n) is 6.95. The van der Waals surface area contributed by atoms with Gasteiger partial charge in [0, 0.05) is 18.2 Å². The number of non-ortho nitro benzene ring substituents is 1. The van der Waals surface area contributed by atoms with Gasteiger partial charge in [-0.15, -0.1) is 0 Å². The van der Waals surface area contributed by atoms with Crippen molar-refractivity contribution in [1.29, 1.82) is 0 Å². The van der Waals surface area contributed by atoms with Gasteiger partial charge in [-0.3, -0.25) is 19.2 Å². The van der Waals surface area contributed by atoms with Gasteiger partial charge in [0.25, 0.3) is 15.7 Å². The summed E-state index contributed by atoms with van der Waals surface area (Å²) >= 11 is 6.02. The molecule has 184 valence electrons. The van der Waals surface area contributed by atoms with Crippen LogP contribution in [0.25, 0.3) is 0 Å². The fraction of sp³-hybridized carbons (Fsp3) is 0.136. The number of methoxy groups -OCH3 is 2. The van der Waals surface area contributed by atoms with E-state index in [0.29, 0.717) is 4.31 Å². The van der Waals surface area contributed by atoms with E-state index in [0.717, 1.165) is 18.2 Å². The number of nitrogens with zero attached hydrogens (tertiary/aromatic N) is 2. The van der Waals surface area contributed by atoms with Crippen molar-refractivity contribution in [3.8, 4) is 11.5 Å². The van der Waals surface area contributed by atoms with Gasteiger partial charge in [0.15, 0.2) is 11.5 Å². The number of halogens is 2. The summed E-state index contributed by atoms with van der Waals surface area (Å²) < 4.78 is 52.5. The van der Waals surface area contributed by atoms with Crippen LogP contribution in [0.2, 0.25) is 5.02 Å². The molecule has 0 saturated heterocycles. The van der Waals surface area contributed by atoms with E-state index in [1.165, 1.54) is 56.7 Å². The second kappa shape index (κ2) is 10.6. The molecule has 13 heteroatoms. The Balaban J connectivity index is 2.02. The molecular weight excluding hydrogens is 505 g/mol. The van der Waals surface area contributed by atoms with Gasteiger partial charge in [-0.1, -0.05) is 23.7 Å². The first kappa shape index (κ1) is 25.7. The summed E-state index contributed by atoms with van der Waals surface area (Å²) in [6.07, 6.45) is 0. The molecule has 1 amide bonds. The van der Waals surface area contributed by atoms with Crippen LogP contribution in [0.1, 0.15) is 0 Å². The van der Waals surface area contributed by atoms with Crippen molar-refractivity contribution in [2.75, 3.05) is 30.4 Å². The maximum Gasteiger partial charge on any atom is 0.271 e. The maximum absolute atomic E-state index is 14.7. The number of anilines is 2. The van der Waals surface area contributed by atoms with E-state index in [4.69, 9.17) is 21.1 Å². The van der Waals surface area contributed by atoms with Crippen LogP contribution >= 0.6 is 11.6 Å². The third-order valence-corrected chi connectivity index (χ3v) is 6.87. The molecule has 0 aliphatic rings. The minimum atomic E-state index is -4.50. The topological polar surface area (TPSA) is 128 Å². The lowest BCUT2D eigenvalue weighted by molar-refractivity contribution is -0.384. The molecule has 3 aromatic rings. The molecule has 0 aliphatic heterocycles. The molecule has 0 radical (unpaired) electrons. The van der Waals surface area contributed by atoms with Crippen molar-refractivity contribution in [2.45, 2.75) is 4.90 Å². The summed E-state index contributed by atoms with van der Waals surface area (Å²) in [6, 6.07) is 12.1. The van der Waals surface area contributed by atoms with Gasteiger partial charge in [-0.2, -0.15) is 0 Å². The van der Waals surface area contributed by atoms with Crippen LogP contribution in [0.3, 0.4) is 0 Å². The lowest BCUT2D eigenvalue weighted by Crippen LogP contribution is -2.38. The summed E-state index contributed by atoms with van der Waals surface area (Å²) in [5, 5.41) is 13.4. The highest BCUT2D eigenvalue weighted by Gasteiger charge is 2.30. The smallest absolute Gasteiger partial charge is 0.271 e. The van der Waals surface area contributed by atoms with Gasteiger partial charge in [0.2, 0.25) is 5.91 Å². The van der Waals surface area contributed by atoms with Gasteiger partial charge >= 0.3 is 0 Å². The average molecular weight is 524 g/mol. The van der Waals surface area contributed by atoms with Gasteiger partial charge < -0.3 is 14.8 Å². The Morgan fingerprint density at radius 3 is 2.40 bits per heavy atom. The summed E-state index contributed by atoms with van der Waals surface area (Å²) in [5.41, 5.74) is -0.834. The number of ether oxygens (including phenoxy) is 2. The van der Waals surface area contributed by atoms with E-state index in [-0.39, 0.29) is 38.5 Å². The summed E-state index contributed by atoms with van der Waals surface area (Å²) in [4.78, 5) is 22.9. The van der Waals surface area contributed by atoms with Crippen LogP contribution in [0.4, 0.5) is 21.5 Å². The number of sulfonamides is 1. The number of nitrogens with one attached hydrogen (secondary N) is 1. The number of hydrogen-bond acceptors (Lipinski definition) is 7. The minimum Gasteiger partial charge on any atom is -0.493 e. The zero-order valence-electron chi connectivity index (χ0n) is 18.4. The van der Waals surface area contributed by atoms with Crippen molar-refractivity contribution in [2.24, 2.45) is 0 Å². The lowest BCUT2D eigenvalue weighted by Gasteiger charge is -2.25. The SMILES string of the molecule is COc1ccc(S(=O)(=O)N(CC(=O)Nc2cc([N+](=O)[O-])ccc2Cl)c2ccccc2F)cc1OC. The van der Waals surface area contributed by atoms with Gasteiger partial charge in [0.1, 0.15) is 12.4 Å². The Morgan fingerprint density at radius 2 is 1.77 bits per heavy atom. The fourth-order valence-electron chi connectivity index (χ4n) is 3.10. The molecule has 3 aromatic carbocycles. The molecule has 0 aliphatic carbocycles. The molecule has 0 aromatic heterocycles.